The Morgan fingerprint density at radius 2 is 2.00 bits per heavy atom. The molecule has 0 saturated carbocycles. The van der Waals surface area contributed by atoms with Gasteiger partial charge in [0, 0.05) is 18.2 Å². The number of carboxylic acid groups (broad SMARTS) is 1. The van der Waals surface area contributed by atoms with Gasteiger partial charge in [-0.3, -0.25) is 4.90 Å². The van der Waals surface area contributed by atoms with Crippen LogP contribution < -0.4 is 4.90 Å². The zero-order chi connectivity index (χ0) is 18.0. The van der Waals surface area contributed by atoms with Gasteiger partial charge in [0.15, 0.2) is 0 Å². The molecule has 1 aliphatic rings. The Hall–Kier alpha value is -2.47. The molecule has 1 fully saturated rings. The molecule has 1 atom stereocenters. The van der Waals surface area contributed by atoms with Crippen molar-refractivity contribution in [3.63, 3.8) is 0 Å². The average Bonchev–Trinajstić information content (AvgIpc) is 2.97. The first kappa shape index (κ1) is 17.4. The normalized spacial score (nSPS) is 17.6. The maximum absolute atomic E-state index is 13.8. The number of hydrogen-bond acceptors (Lipinski definition) is 2. The van der Waals surface area contributed by atoms with E-state index < -0.39 is 17.7 Å². The van der Waals surface area contributed by atoms with Crippen molar-refractivity contribution in [1.82, 2.24) is 4.90 Å². The molecule has 0 spiro atoms. The highest BCUT2D eigenvalue weighted by molar-refractivity contribution is 5.93. The number of hydrogen-bond donors (Lipinski definition) is 1. The monoisotopic (exact) mass is 346 g/mol. The summed E-state index contributed by atoms with van der Waals surface area (Å²) in [5, 5.41) is 9.71. The van der Waals surface area contributed by atoms with E-state index in [1.165, 1.54) is 41.3 Å². The van der Waals surface area contributed by atoms with Crippen LogP contribution in [0, 0.1) is 11.6 Å². The lowest BCUT2D eigenvalue weighted by molar-refractivity contribution is 0.198. The fourth-order valence-electron chi connectivity index (χ4n) is 3.33. The first-order valence-electron chi connectivity index (χ1n) is 8.22. The van der Waals surface area contributed by atoms with E-state index in [1.807, 2.05) is 7.05 Å². The van der Waals surface area contributed by atoms with Gasteiger partial charge < -0.3 is 10.0 Å². The summed E-state index contributed by atoms with van der Waals surface area (Å²) in [5.74, 6) is -0.948. The zero-order valence-electron chi connectivity index (χ0n) is 14.0. The van der Waals surface area contributed by atoms with Crippen LogP contribution in [0.15, 0.2) is 42.5 Å². The van der Waals surface area contributed by atoms with Crippen molar-refractivity contribution in [2.75, 3.05) is 25.0 Å². The van der Waals surface area contributed by atoms with Crippen LogP contribution in [0.25, 0.3) is 11.1 Å². The maximum Gasteiger partial charge on any atom is 0.411 e. The van der Waals surface area contributed by atoms with Gasteiger partial charge in [-0.25, -0.2) is 13.6 Å². The van der Waals surface area contributed by atoms with Crippen molar-refractivity contribution in [1.29, 1.82) is 0 Å². The Bertz CT molecular complexity index is 782. The van der Waals surface area contributed by atoms with E-state index in [-0.39, 0.29) is 6.04 Å². The highest BCUT2D eigenvalue weighted by Crippen LogP contribution is 2.33. The largest absolute Gasteiger partial charge is 0.465 e. The van der Waals surface area contributed by atoms with Crippen LogP contribution in [0.1, 0.15) is 12.8 Å². The van der Waals surface area contributed by atoms with Gasteiger partial charge in [0.1, 0.15) is 11.6 Å². The SMILES string of the molecule is CN1CCCC1CN(C(=O)O)c1ccc(F)cc1-c1cccc(F)c1. The average molecular weight is 346 g/mol. The third-order valence-corrected chi connectivity index (χ3v) is 4.68. The third-order valence-electron chi connectivity index (χ3n) is 4.68. The molecule has 0 radical (unpaired) electrons. The van der Waals surface area contributed by atoms with Gasteiger partial charge in [0.2, 0.25) is 0 Å². The lowest BCUT2D eigenvalue weighted by Gasteiger charge is -2.28. The second kappa shape index (κ2) is 7.19. The highest BCUT2D eigenvalue weighted by atomic mass is 19.1. The van der Waals surface area contributed by atoms with Crippen LogP contribution in [0.5, 0.6) is 0 Å². The van der Waals surface area contributed by atoms with E-state index in [2.05, 4.69) is 4.90 Å². The molecule has 2 aromatic carbocycles. The summed E-state index contributed by atoms with van der Waals surface area (Å²) in [6.07, 6.45) is 0.829. The van der Waals surface area contributed by atoms with E-state index in [0.717, 1.165) is 19.4 Å². The van der Waals surface area contributed by atoms with Gasteiger partial charge >= 0.3 is 6.09 Å². The minimum atomic E-state index is -1.11. The summed E-state index contributed by atoms with van der Waals surface area (Å²) in [7, 11) is 1.97. The Kier molecular flexibility index (Phi) is 4.99. The van der Waals surface area contributed by atoms with E-state index in [0.29, 0.717) is 23.4 Å². The third kappa shape index (κ3) is 3.79. The molecule has 1 unspecified atom stereocenters. The van der Waals surface area contributed by atoms with Crippen LogP contribution in [0.3, 0.4) is 0 Å². The molecule has 2 aromatic rings. The minimum Gasteiger partial charge on any atom is -0.465 e. The van der Waals surface area contributed by atoms with Crippen LogP contribution in [0.2, 0.25) is 0 Å². The zero-order valence-corrected chi connectivity index (χ0v) is 14.0. The maximum atomic E-state index is 13.8. The van der Waals surface area contributed by atoms with Crippen molar-refractivity contribution < 1.29 is 18.7 Å². The molecular weight excluding hydrogens is 326 g/mol. The molecule has 132 valence electrons. The van der Waals surface area contributed by atoms with Gasteiger partial charge in [-0.05, 0) is 62.3 Å². The minimum absolute atomic E-state index is 0.113. The summed E-state index contributed by atoms with van der Waals surface area (Å²) in [4.78, 5) is 15.2. The predicted octanol–water partition coefficient (Wildman–Crippen LogP) is 4.21. The number of carbonyl (C=O) groups is 1. The smallest absolute Gasteiger partial charge is 0.411 e. The first-order chi connectivity index (χ1) is 12.0. The van der Waals surface area contributed by atoms with E-state index in [9.17, 15) is 18.7 Å². The molecule has 6 heteroatoms. The van der Waals surface area contributed by atoms with Crippen LogP contribution in [-0.4, -0.2) is 42.3 Å². The summed E-state index contributed by atoms with van der Waals surface area (Å²) in [6.45, 7) is 1.22. The molecule has 1 saturated heterocycles. The molecule has 1 aliphatic heterocycles. The summed E-state index contributed by atoms with van der Waals surface area (Å²) >= 11 is 0. The Morgan fingerprint density at radius 1 is 1.24 bits per heavy atom. The molecular formula is C19H20F2N2O2. The standard InChI is InChI=1S/C19H20F2N2O2/c1-22-9-3-6-16(22)12-23(19(24)25)18-8-7-15(21)11-17(18)13-4-2-5-14(20)10-13/h2,4-5,7-8,10-11,16H,3,6,9,12H2,1H3,(H,24,25). The highest BCUT2D eigenvalue weighted by Gasteiger charge is 2.28. The molecule has 3 rings (SSSR count). The Morgan fingerprint density at radius 3 is 2.64 bits per heavy atom. The van der Waals surface area contributed by atoms with Gasteiger partial charge in [0.05, 0.1) is 5.69 Å². The Balaban J connectivity index is 2.02. The number of benzene rings is 2. The fraction of sp³-hybridized carbons (Fsp3) is 0.316. The molecule has 4 nitrogen and oxygen atoms in total. The Labute approximate surface area is 145 Å². The first-order valence-corrected chi connectivity index (χ1v) is 8.22. The lowest BCUT2D eigenvalue weighted by atomic mass is 10.0. The van der Waals surface area contributed by atoms with E-state index in [1.54, 1.807) is 6.07 Å². The molecule has 0 aliphatic carbocycles. The molecule has 25 heavy (non-hydrogen) atoms. The second-order valence-corrected chi connectivity index (χ2v) is 6.34. The van der Waals surface area contributed by atoms with Crippen LogP contribution in [0.4, 0.5) is 19.3 Å². The predicted molar refractivity (Wildman–Crippen MR) is 92.8 cm³/mol. The number of rotatable bonds is 4. The van der Waals surface area contributed by atoms with E-state index in [4.69, 9.17) is 0 Å². The number of nitrogens with zero attached hydrogens (tertiary/aromatic N) is 2. The van der Waals surface area contributed by atoms with Gasteiger partial charge in [-0.1, -0.05) is 12.1 Å². The molecule has 1 N–H and O–H groups in total. The molecule has 1 amide bonds. The van der Waals surface area contributed by atoms with Crippen molar-refractivity contribution in [2.24, 2.45) is 0 Å². The lowest BCUT2D eigenvalue weighted by Crippen LogP contribution is -2.41. The van der Waals surface area contributed by atoms with Gasteiger partial charge in [-0.2, -0.15) is 0 Å². The summed E-state index contributed by atoms with van der Waals surface area (Å²) in [6, 6.07) is 9.77. The number of likely N-dealkylation sites (N-methyl/N-ethyl adjacent to an activating group) is 1. The van der Waals surface area contributed by atoms with E-state index >= 15 is 0 Å². The molecule has 0 aromatic heterocycles. The van der Waals surface area contributed by atoms with Gasteiger partial charge in [0.25, 0.3) is 0 Å². The number of likely N-dealkylation sites (tertiary alicyclic amines) is 1. The number of anilines is 1. The van der Waals surface area contributed by atoms with Crippen molar-refractivity contribution >= 4 is 11.8 Å². The van der Waals surface area contributed by atoms with Gasteiger partial charge in [-0.15, -0.1) is 0 Å². The van der Waals surface area contributed by atoms with Crippen molar-refractivity contribution in [3.8, 4) is 11.1 Å². The second-order valence-electron chi connectivity index (χ2n) is 6.34. The molecule has 0 bridgehead atoms. The van der Waals surface area contributed by atoms with Crippen molar-refractivity contribution in [2.45, 2.75) is 18.9 Å². The fourth-order valence-corrected chi connectivity index (χ4v) is 3.33. The summed E-state index contributed by atoms with van der Waals surface area (Å²) < 4.78 is 27.4. The topological polar surface area (TPSA) is 43.8 Å². The van der Waals surface area contributed by atoms with Crippen LogP contribution in [-0.2, 0) is 0 Å². The number of halogens is 2. The number of amides is 1. The quantitative estimate of drug-likeness (QED) is 0.902. The van der Waals surface area contributed by atoms with Crippen LogP contribution >= 0.6 is 0 Å². The molecule has 1 heterocycles. The van der Waals surface area contributed by atoms with Crippen molar-refractivity contribution in [3.05, 3.63) is 54.1 Å². The summed E-state index contributed by atoms with van der Waals surface area (Å²) in [5.41, 5.74) is 1.17.